The Morgan fingerprint density at radius 3 is 2.64 bits per heavy atom. The van der Waals surface area contributed by atoms with Crippen LogP contribution in [0.15, 0.2) is 29.2 Å². The lowest BCUT2D eigenvalue weighted by Gasteiger charge is -2.16. The van der Waals surface area contributed by atoms with E-state index < -0.39 is 15.8 Å². The van der Waals surface area contributed by atoms with Crippen molar-refractivity contribution in [2.24, 2.45) is 11.8 Å². The number of rotatable bonds is 8. The summed E-state index contributed by atoms with van der Waals surface area (Å²) in [6.07, 6.45) is 3.07. The molecule has 0 heterocycles. The molecule has 0 radical (unpaired) electrons. The molecule has 2 rings (SSSR count). The molecular weight excluding hydrogens is 300 g/mol. The Morgan fingerprint density at radius 2 is 2.09 bits per heavy atom. The molecule has 1 saturated carbocycles. The largest absolute Gasteiger partial charge is 0.481 e. The molecule has 1 aliphatic carbocycles. The first-order chi connectivity index (χ1) is 10.4. The van der Waals surface area contributed by atoms with E-state index in [4.69, 9.17) is 5.11 Å². The van der Waals surface area contributed by atoms with Crippen molar-refractivity contribution in [1.29, 1.82) is 0 Å². The van der Waals surface area contributed by atoms with E-state index in [0.717, 1.165) is 24.8 Å². The molecule has 0 saturated heterocycles. The average Bonchev–Trinajstić information content (AvgIpc) is 3.24. The highest BCUT2D eigenvalue weighted by molar-refractivity contribution is 7.91. The third-order valence-corrected chi connectivity index (χ3v) is 6.40. The summed E-state index contributed by atoms with van der Waals surface area (Å²) in [5.74, 6) is -0.290. The van der Waals surface area contributed by atoms with E-state index >= 15 is 0 Å². The summed E-state index contributed by atoms with van der Waals surface area (Å²) in [5.41, 5.74) is 1.01. The number of sulfone groups is 1. The molecule has 1 aliphatic rings. The average molecular weight is 324 g/mol. The van der Waals surface area contributed by atoms with Crippen LogP contribution in [0.5, 0.6) is 0 Å². The van der Waals surface area contributed by atoms with Crippen molar-refractivity contribution in [3.05, 3.63) is 29.8 Å². The predicted octanol–water partition coefficient (Wildman–Crippen LogP) is 3.47. The van der Waals surface area contributed by atoms with Gasteiger partial charge in [-0.05, 0) is 55.2 Å². The van der Waals surface area contributed by atoms with Crippen LogP contribution in [0, 0.1) is 11.8 Å². The van der Waals surface area contributed by atoms with E-state index in [0.29, 0.717) is 11.3 Å². The molecule has 0 spiro atoms. The molecule has 0 bridgehead atoms. The van der Waals surface area contributed by atoms with Crippen molar-refractivity contribution in [3.63, 3.8) is 0 Å². The zero-order valence-corrected chi connectivity index (χ0v) is 14.0. The van der Waals surface area contributed by atoms with Crippen molar-refractivity contribution in [2.75, 3.05) is 5.75 Å². The van der Waals surface area contributed by atoms with Crippen LogP contribution in [0.25, 0.3) is 0 Å². The summed E-state index contributed by atoms with van der Waals surface area (Å²) < 4.78 is 24.4. The number of carboxylic acid groups (broad SMARTS) is 1. The Balaban J connectivity index is 2.15. The van der Waals surface area contributed by atoms with Crippen LogP contribution in [0.1, 0.15) is 51.0 Å². The van der Waals surface area contributed by atoms with E-state index in [9.17, 15) is 13.2 Å². The number of carboxylic acids is 1. The molecule has 22 heavy (non-hydrogen) atoms. The first kappa shape index (κ1) is 17.0. The molecule has 1 N–H and O–H groups in total. The maximum absolute atomic E-state index is 12.2. The molecule has 3 unspecified atom stereocenters. The minimum Gasteiger partial charge on any atom is -0.481 e. The third-order valence-electron chi connectivity index (χ3n) is 4.48. The van der Waals surface area contributed by atoms with Crippen molar-refractivity contribution < 1.29 is 18.3 Å². The van der Waals surface area contributed by atoms with Crippen molar-refractivity contribution >= 4 is 15.8 Å². The van der Waals surface area contributed by atoms with Gasteiger partial charge in [-0.15, -0.1) is 0 Å². The SMILES string of the molecule is CCCS(=O)(=O)c1cccc(C(CC)CC2CC2C(=O)O)c1. The van der Waals surface area contributed by atoms with Gasteiger partial charge in [0.1, 0.15) is 0 Å². The van der Waals surface area contributed by atoms with Gasteiger partial charge in [0.15, 0.2) is 9.84 Å². The lowest BCUT2D eigenvalue weighted by atomic mass is 9.91. The zero-order chi connectivity index (χ0) is 16.3. The Hall–Kier alpha value is -1.36. The van der Waals surface area contributed by atoms with E-state index in [2.05, 4.69) is 6.92 Å². The molecule has 1 fully saturated rings. The van der Waals surface area contributed by atoms with Crippen LogP contribution in [0.3, 0.4) is 0 Å². The quantitative estimate of drug-likeness (QED) is 0.794. The minimum atomic E-state index is -3.21. The fourth-order valence-corrected chi connectivity index (χ4v) is 4.44. The lowest BCUT2D eigenvalue weighted by Crippen LogP contribution is -2.08. The Kier molecular flexibility index (Phi) is 5.27. The van der Waals surface area contributed by atoms with Gasteiger partial charge in [0.25, 0.3) is 0 Å². The number of hydrogen-bond donors (Lipinski definition) is 1. The van der Waals surface area contributed by atoms with Crippen molar-refractivity contribution in [3.8, 4) is 0 Å². The summed E-state index contributed by atoms with van der Waals surface area (Å²) in [4.78, 5) is 11.3. The molecule has 1 aromatic carbocycles. The molecule has 0 aromatic heterocycles. The molecule has 0 amide bonds. The Bertz CT molecular complexity index is 636. The van der Waals surface area contributed by atoms with E-state index in [1.54, 1.807) is 18.2 Å². The Labute approximate surface area is 132 Å². The summed E-state index contributed by atoms with van der Waals surface area (Å²) in [5, 5.41) is 9.01. The first-order valence-corrected chi connectivity index (χ1v) is 9.59. The summed E-state index contributed by atoms with van der Waals surface area (Å²) in [7, 11) is -3.21. The summed E-state index contributed by atoms with van der Waals surface area (Å²) in [6, 6.07) is 7.18. The molecule has 0 aliphatic heterocycles. The number of hydrogen-bond acceptors (Lipinski definition) is 3. The smallest absolute Gasteiger partial charge is 0.306 e. The normalized spacial score (nSPS) is 22.3. The number of benzene rings is 1. The fourth-order valence-electron chi connectivity index (χ4n) is 3.06. The van der Waals surface area contributed by atoms with Gasteiger partial charge in [0.2, 0.25) is 0 Å². The maximum atomic E-state index is 12.2. The molecule has 5 heteroatoms. The van der Waals surface area contributed by atoms with Crippen LogP contribution in [0.4, 0.5) is 0 Å². The summed E-state index contributed by atoms with van der Waals surface area (Å²) in [6.45, 7) is 3.92. The first-order valence-electron chi connectivity index (χ1n) is 7.94. The second-order valence-electron chi connectivity index (χ2n) is 6.17. The molecule has 3 atom stereocenters. The third kappa shape index (κ3) is 3.88. The zero-order valence-electron chi connectivity index (χ0n) is 13.2. The van der Waals surface area contributed by atoms with E-state index in [1.165, 1.54) is 0 Å². The van der Waals surface area contributed by atoms with Crippen LogP contribution in [-0.2, 0) is 14.6 Å². The highest BCUT2D eigenvalue weighted by Crippen LogP contribution is 2.46. The van der Waals surface area contributed by atoms with Gasteiger partial charge in [0.05, 0.1) is 16.6 Å². The van der Waals surface area contributed by atoms with Gasteiger partial charge in [-0.25, -0.2) is 8.42 Å². The number of aliphatic carboxylic acids is 1. The second kappa shape index (κ2) is 6.82. The standard InChI is InChI=1S/C17H24O4S/c1-3-8-22(20,21)15-7-5-6-13(10-15)12(4-2)9-14-11-16(14)17(18)19/h5-7,10,12,14,16H,3-4,8-9,11H2,1-2H3,(H,18,19). The Morgan fingerprint density at radius 1 is 1.36 bits per heavy atom. The van der Waals surface area contributed by atoms with E-state index in [1.807, 2.05) is 13.0 Å². The van der Waals surface area contributed by atoms with Crippen LogP contribution in [0.2, 0.25) is 0 Å². The fraction of sp³-hybridized carbons (Fsp3) is 0.588. The molecule has 4 nitrogen and oxygen atoms in total. The molecule has 1 aromatic rings. The predicted molar refractivity (Wildman–Crippen MR) is 85.7 cm³/mol. The van der Waals surface area contributed by atoms with E-state index in [-0.39, 0.29) is 23.5 Å². The minimum absolute atomic E-state index is 0.164. The van der Waals surface area contributed by atoms with Crippen LogP contribution < -0.4 is 0 Å². The van der Waals surface area contributed by atoms with Gasteiger partial charge in [-0.3, -0.25) is 4.79 Å². The lowest BCUT2D eigenvalue weighted by molar-refractivity contribution is -0.138. The highest BCUT2D eigenvalue weighted by atomic mass is 32.2. The van der Waals surface area contributed by atoms with Crippen LogP contribution >= 0.6 is 0 Å². The highest BCUT2D eigenvalue weighted by Gasteiger charge is 2.43. The summed E-state index contributed by atoms with van der Waals surface area (Å²) >= 11 is 0. The second-order valence-corrected chi connectivity index (χ2v) is 8.28. The maximum Gasteiger partial charge on any atom is 0.306 e. The van der Waals surface area contributed by atoms with Gasteiger partial charge in [-0.2, -0.15) is 0 Å². The van der Waals surface area contributed by atoms with Gasteiger partial charge in [0, 0.05) is 0 Å². The topological polar surface area (TPSA) is 71.4 Å². The molecular formula is C17H24O4S. The number of carbonyl (C=O) groups is 1. The van der Waals surface area contributed by atoms with Crippen molar-refractivity contribution in [2.45, 2.75) is 50.3 Å². The van der Waals surface area contributed by atoms with Crippen molar-refractivity contribution in [1.82, 2.24) is 0 Å². The van der Waals surface area contributed by atoms with Gasteiger partial charge >= 0.3 is 5.97 Å². The van der Waals surface area contributed by atoms with Gasteiger partial charge in [-0.1, -0.05) is 26.0 Å². The van der Waals surface area contributed by atoms with Crippen LogP contribution in [-0.4, -0.2) is 25.2 Å². The monoisotopic (exact) mass is 324 g/mol. The molecule has 122 valence electrons. The van der Waals surface area contributed by atoms with Gasteiger partial charge < -0.3 is 5.11 Å².